The number of ether oxygens (including phenoxy) is 2. The molecule has 9 nitrogen and oxygen atoms in total. The molecule has 0 fully saturated rings. The number of hydrogen-bond donors (Lipinski definition) is 0. The molecule has 2 atom stereocenters. The molecule has 0 saturated carbocycles. The molecule has 0 rings (SSSR count). The molecule has 0 aromatic rings. The number of rotatable bonds is 79. The minimum absolute atomic E-state index is 0.0270. The topological polar surface area (TPSA) is 111 Å². The van der Waals surface area contributed by atoms with Gasteiger partial charge in [0.2, 0.25) is 0 Å². The first-order chi connectivity index (χ1) is 46.0. The van der Waals surface area contributed by atoms with Crippen LogP contribution in [-0.2, 0) is 32.7 Å². The van der Waals surface area contributed by atoms with Crippen LogP contribution in [0.4, 0.5) is 0 Å². The van der Waals surface area contributed by atoms with Crippen LogP contribution in [0, 0.1) is 0 Å². The lowest BCUT2D eigenvalue weighted by molar-refractivity contribution is -0.870. The Morgan fingerprint density at radius 3 is 0.851 bits per heavy atom. The SMILES string of the molecule is CCCCCCC/C=C\C/C=C\CCCCCCCCCCCCCCCCCCCCCCCC(=O)OC(COC(=O)CCCCCCCCCCCCCCCCCCCCCCCCCCC/C=C\CCCCCCCCCC)COP(=O)([O-])OCC[N+](C)(C)C. The lowest BCUT2D eigenvalue weighted by atomic mass is 10.0. The fourth-order valence-corrected chi connectivity index (χ4v) is 13.5. The maximum Gasteiger partial charge on any atom is 0.306 e. The fraction of sp³-hybridized carbons (Fsp3) is 0.905. The van der Waals surface area contributed by atoms with Crippen LogP contribution in [0.5, 0.6) is 0 Å². The van der Waals surface area contributed by atoms with Gasteiger partial charge < -0.3 is 27.9 Å². The molecular weight excluding hydrogens is 1180 g/mol. The van der Waals surface area contributed by atoms with Gasteiger partial charge in [-0.15, -0.1) is 0 Å². The van der Waals surface area contributed by atoms with E-state index in [1.807, 2.05) is 21.1 Å². The monoisotopic (exact) mass is 1340 g/mol. The van der Waals surface area contributed by atoms with Crippen LogP contribution in [0.2, 0.25) is 0 Å². The molecule has 0 aliphatic rings. The number of quaternary nitrogens is 1. The van der Waals surface area contributed by atoms with E-state index in [4.69, 9.17) is 18.5 Å². The van der Waals surface area contributed by atoms with Crippen LogP contribution >= 0.6 is 7.82 Å². The Kier molecular flexibility index (Phi) is 74.0. The van der Waals surface area contributed by atoms with Gasteiger partial charge in [0, 0.05) is 12.8 Å². The Balaban J connectivity index is 3.88. The summed E-state index contributed by atoms with van der Waals surface area (Å²) in [5.41, 5.74) is 0. The minimum Gasteiger partial charge on any atom is -0.756 e. The molecule has 0 spiro atoms. The third-order valence-electron chi connectivity index (χ3n) is 19.1. The Hall–Kier alpha value is -1.77. The highest BCUT2D eigenvalue weighted by Gasteiger charge is 2.22. The largest absolute Gasteiger partial charge is 0.756 e. The molecule has 0 bridgehead atoms. The predicted molar refractivity (Wildman–Crippen MR) is 407 cm³/mol. The van der Waals surface area contributed by atoms with Crippen LogP contribution in [0.15, 0.2) is 36.5 Å². The number of nitrogens with zero attached hydrogens (tertiary/aromatic N) is 1. The van der Waals surface area contributed by atoms with E-state index in [9.17, 15) is 19.0 Å². The van der Waals surface area contributed by atoms with Crippen LogP contribution < -0.4 is 4.89 Å². The molecule has 0 aliphatic carbocycles. The Bertz CT molecular complexity index is 1680. The smallest absolute Gasteiger partial charge is 0.306 e. The molecule has 0 aromatic heterocycles. The number of phosphoric ester groups is 1. The van der Waals surface area contributed by atoms with Crippen molar-refractivity contribution in [2.45, 2.75) is 444 Å². The summed E-state index contributed by atoms with van der Waals surface area (Å²) in [7, 11) is 1.19. The number of esters is 2. The van der Waals surface area contributed by atoms with Crippen molar-refractivity contribution in [3.63, 3.8) is 0 Å². The molecule has 0 N–H and O–H groups in total. The number of carbonyl (C=O) groups is 2. The number of carbonyl (C=O) groups excluding carboxylic acids is 2. The number of phosphoric acid groups is 1. The summed E-state index contributed by atoms with van der Waals surface area (Å²) in [6.45, 7) is 4.32. The zero-order chi connectivity index (χ0) is 68.3. The molecule has 556 valence electrons. The average Bonchev–Trinajstić information content (AvgIpc) is 1.56. The van der Waals surface area contributed by atoms with Crippen molar-refractivity contribution in [1.29, 1.82) is 0 Å². The summed E-state index contributed by atoms with van der Waals surface area (Å²) < 4.78 is 34.5. The molecule has 0 aliphatic heterocycles. The number of unbranched alkanes of at least 4 members (excludes halogenated alkanes) is 59. The van der Waals surface area contributed by atoms with Gasteiger partial charge in [0.25, 0.3) is 7.82 Å². The van der Waals surface area contributed by atoms with Crippen molar-refractivity contribution in [2.24, 2.45) is 0 Å². The predicted octanol–water partition coefficient (Wildman–Crippen LogP) is 27.1. The third kappa shape index (κ3) is 79.2. The van der Waals surface area contributed by atoms with Crippen LogP contribution in [-0.4, -0.2) is 70.0 Å². The van der Waals surface area contributed by atoms with Crippen molar-refractivity contribution < 1.29 is 42.1 Å². The summed E-state index contributed by atoms with van der Waals surface area (Å²) in [4.78, 5) is 38.2. The van der Waals surface area contributed by atoms with Crippen molar-refractivity contribution in [2.75, 3.05) is 47.5 Å². The highest BCUT2D eigenvalue weighted by atomic mass is 31.2. The summed E-state index contributed by atoms with van der Waals surface area (Å²) >= 11 is 0. The molecule has 0 heterocycles. The van der Waals surface area contributed by atoms with E-state index < -0.39 is 26.5 Å². The van der Waals surface area contributed by atoms with Crippen molar-refractivity contribution in [3.8, 4) is 0 Å². The van der Waals surface area contributed by atoms with Gasteiger partial charge >= 0.3 is 11.9 Å². The molecule has 0 saturated heterocycles. The van der Waals surface area contributed by atoms with Crippen molar-refractivity contribution >= 4 is 19.8 Å². The Morgan fingerprint density at radius 2 is 0.574 bits per heavy atom. The van der Waals surface area contributed by atoms with E-state index in [0.717, 1.165) is 38.5 Å². The quantitative estimate of drug-likeness (QED) is 0.0195. The summed E-state index contributed by atoms with van der Waals surface area (Å²) in [6, 6.07) is 0. The summed E-state index contributed by atoms with van der Waals surface area (Å²) in [5, 5.41) is 0. The zero-order valence-electron chi connectivity index (χ0n) is 63.7. The average molecular weight is 1350 g/mol. The molecule has 94 heavy (non-hydrogen) atoms. The molecule has 2 unspecified atom stereocenters. The Morgan fingerprint density at radius 1 is 0.330 bits per heavy atom. The maximum absolute atomic E-state index is 12.9. The first-order valence-corrected chi connectivity index (χ1v) is 43.2. The third-order valence-corrected chi connectivity index (χ3v) is 20.1. The van der Waals surface area contributed by atoms with Gasteiger partial charge in [-0.25, -0.2) is 0 Å². The van der Waals surface area contributed by atoms with Gasteiger partial charge in [-0.05, 0) is 70.6 Å². The lowest BCUT2D eigenvalue weighted by Gasteiger charge is -2.28. The molecule has 0 aromatic carbocycles. The second-order valence-electron chi connectivity index (χ2n) is 29.8. The zero-order valence-corrected chi connectivity index (χ0v) is 64.6. The number of likely N-dealkylation sites (N-methyl/N-ethyl adjacent to an activating group) is 1. The normalized spacial score (nSPS) is 13.1. The second kappa shape index (κ2) is 75.4. The molecular formula is C84H162NO8P. The first-order valence-electron chi connectivity index (χ1n) is 41.7. The first kappa shape index (κ1) is 92.2. The minimum atomic E-state index is -4.64. The van der Waals surface area contributed by atoms with Crippen molar-refractivity contribution in [3.05, 3.63) is 36.5 Å². The number of allylic oxidation sites excluding steroid dienone is 6. The fourth-order valence-electron chi connectivity index (χ4n) is 12.7. The Labute approximate surface area is 586 Å². The molecule has 0 amide bonds. The van der Waals surface area contributed by atoms with E-state index in [0.29, 0.717) is 17.4 Å². The van der Waals surface area contributed by atoms with Crippen LogP contribution in [0.25, 0.3) is 0 Å². The van der Waals surface area contributed by atoms with Gasteiger partial charge in [-0.3, -0.25) is 14.2 Å². The van der Waals surface area contributed by atoms with Crippen LogP contribution in [0.1, 0.15) is 438 Å². The van der Waals surface area contributed by atoms with Gasteiger partial charge in [0.1, 0.15) is 19.8 Å². The van der Waals surface area contributed by atoms with Crippen LogP contribution in [0.3, 0.4) is 0 Å². The van der Waals surface area contributed by atoms with Gasteiger partial charge in [-0.2, -0.15) is 0 Å². The lowest BCUT2D eigenvalue weighted by Crippen LogP contribution is -2.37. The van der Waals surface area contributed by atoms with Crippen molar-refractivity contribution in [1.82, 2.24) is 0 Å². The van der Waals surface area contributed by atoms with E-state index >= 15 is 0 Å². The number of hydrogen-bond acceptors (Lipinski definition) is 8. The van der Waals surface area contributed by atoms with Gasteiger partial charge in [0.15, 0.2) is 6.10 Å². The summed E-state index contributed by atoms with van der Waals surface area (Å²) in [5.74, 6) is -0.806. The molecule has 10 heteroatoms. The van der Waals surface area contributed by atoms with E-state index in [1.165, 1.54) is 366 Å². The van der Waals surface area contributed by atoms with Gasteiger partial charge in [-0.1, -0.05) is 391 Å². The summed E-state index contributed by atoms with van der Waals surface area (Å²) in [6.07, 6.45) is 98.6. The van der Waals surface area contributed by atoms with E-state index in [1.54, 1.807) is 0 Å². The molecule has 0 radical (unpaired) electrons. The highest BCUT2D eigenvalue weighted by molar-refractivity contribution is 7.45. The van der Waals surface area contributed by atoms with E-state index in [2.05, 4.69) is 50.3 Å². The highest BCUT2D eigenvalue weighted by Crippen LogP contribution is 2.38. The van der Waals surface area contributed by atoms with Gasteiger partial charge in [0.05, 0.1) is 27.7 Å². The second-order valence-corrected chi connectivity index (χ2v) is 31.3. The maximum atomic E-state index is 12.9. The standard InChI is InChI=1S/C84H162NO8P/c1-6-8-10-12-14-16-18-20-22-24-26-28-30-32-34-36-38-40-41-42-43-45-46-48-50-52-54-56-58-60-62-64-66-68-70-72-74-76-83(86)90-80-82(81-92-94(88,89)91-79-78-85(3,4)5)93-84(87)77-75-73-71-69-67-65-63-61-59-57-55-53-51-49-47-44-39-37-35-33-31-29-27-25-23-21-19-17-15-13-11-9-7-2/h19,21,24-27,82H,6-18,20,22-23,28-81H2,1-5H3/b21-19-,26-24-,27-25-. The van der Waals surface area contributed by atoms with E-state index in [-0.39, 0.29) is 32.0 Å².